The maximum atomic E-state index is 12.8. The third-order valence-corrected chi connectivity index (χ3v) is 4.34. The van der Waals surface area contributed by atoms with E-state index in [4.69, 9.17) is 16.3 Å². The van der Waals surface area contributed by atoms with Gasteiger partial charge in [0.15, 0.2) is 12.3 Å². The van der Waals surface area contributed by atoms with E-state index in [1.807, 2.05) is 6.07 Å². The van der Waals surface area contributed by atoms with Crippen LogP contribution >= 0.6 is 35.3 Å². The second-order valence-corrected chi connectivity index (χ2v) is 5.80. The average molecular weight is 346 g/mol. The zero-order valence-electron chi connectivity index (χ0n) is 10.7. The predicted molar refractivity (Wildman–Crippen MR) is 82.6 cm³/mol. The number of ether oxygens (including phenoxy) is 1. The van der Waals surface area contributed by atoms with E-state index in [0.717, 1.165) is 15.0 Å². The Labute approximate surface area is 132 Å². The number of rotatable bonds is 5. The molecule has 0 spiro atoms. The highest BCUT2D eigenvalue weighted by Crippen LogP contribution is 2.30. The summed E-state index contributed by atoms with van der Waals surface area (Å²) in [4.78, 5) is 0. The molecule has 2 heterocycles. The van der Waals surface area contributed by atoms with Gasteiger partial charge in [-0.25, -0.2) is 0 Å². The van der Waals surface area contributed by atoms with E-state index in [2.05, 4.69) is 20.6 Å². The molecule has 0 amide bonds. The Kier molecular flexibility index (Phi) is 4.13. The molecule has 0 radical (unpaired) electrons. The van der Waals surface area contributed by atoms with Gasteiger partial charge in [-0.3, -0.25) is 0 Å². The minimum Gasteiger partial charge on any atom is -0.464 e. The molecule has 0 aliphatic heterocycles. The summed E-state index contributed by atoms with van der Waals surface area (Å²) in [5.74, 6) is 0. The first-order valence-electron chi connectivity index (χ1n) is 5.81. The first-order chi connectivity index (χ1) is 10.2. The van der Waals surface area contributed by atoms with Gasteiger partial charge in [0.1, 0.15) is 12.1 Å². The summed E-state index contributed by atoms with van der Waals surface area (Å²) in [5, 5.41) is 16.9. The van der Waals surface area contributed by atoms with Crippen LogP contribution in [-0.2, 0) is 6.61 Å². The number of benzene rings is 1. The fourth-order valence-electron chi connectivity index (χ4n) is 1.82. The zero-order chi connectivity index (χ0) is 14.8. The van der Waals surface area contributed by atoms with Crippen LogP contribution in [0.3, 0.4) is 0 Å². The van der Waals surface area contributed by atoms with Gasteiger partial charge in [-0.15, -0.1) is 8.98 Å². The topological polar surface area (TPSA) is 64.9 Å². The maximum Gasteiger partial charge on any atom is 0.296 e. The lowest BCUT2D eigenvalue weighted by molar-refractivity contribution is 0.303. The van der Waals surface area contributed by atoms with Gasteiger partial charge >= 0.3 is 0 Å². The van der Waals surface area contributed by atoms with Gasteiger partial charge in [0.25, 0.3) is 5.19 Å². The highest BCUT2D eigenvalue weighted by Gasteiger charge is 2.13. The SMILES string of the molecule is CNc1nnc(OCc2ccc(Cl)c3c2cnn3SF)s1. The van der Waals surface area contributed by atoms with Gasteiger partial charge in [-0.2, -0.15) is 9.19 Å². The van der Waals surface area contributed by atoms with Crippen molar-refractivity contribution in [3.63, 3.8) is 0 Å². The number of aromatic nitrogens is 4. The van der Waals surface area contributed by atoms with E-state index < -0.39 is 0 Å². The van der Waals surface area contributed by atoms with Crippen LogP contribution in [0.25, 0.3) is 10.9 Å². The normalized spacial score (nSPS) is 11.0. The molecule has 0 fully saturated rings. The van der Waals surface area contributed by atoms with E-state index in [9.17, 15) is 3.89 Å². The van der Waals surface area contributed by atoms with Crippen LogP contribution in [0.4, 0.5) is 9.02 Å². The quantitative estimate of drug-likeness (QED) is 0.763. The third-order valence-electron chi connectivity index (χ3n) is 2.78. The summed E-state index contributed by atoms with van der Waals surface area (Å²) < 4.78 is 19.5. The van der Waals surface area contributed by atoms with Crippen molar-refractivity contribution < 1.29 is 8.62 Å². The van der Waals surface area contributed by atoms with E-state index in [1.54, 1.807) is 19.3 Å². The molecule has 0 unspecified atom stereocenters. The van der Waals surface area contributed by atoms with Crippen LogP contribution in [0.1, 0.15) is 5.56 Å². The lowest BCUT2D eigenvalue weighted by Crippen LogP contribution is -1.96. The second-order valence-electron chi connectivity index (χ2n) is 3.97. The highest BCUT2D eigenvalue weighted by atomic mass is 35.5. The van der Waals surface area contributed by atoms with Gasteiger partial charge in [0, 0.05) is 18.0 Å². The molecule has 0 saturated carbocycles. The van der Waals surface area contributed by atoms with Crippen molar-refractivity contribution in [3.8, 4) is 5.19 Å². The first-order valence-corrected chi connectivity index (χ1v) is 7.68. The molecule has 3 aromatic rings. The van der Waals surface area contributed by atoms with Crippen molar-refractivity contribution >= 4 is 51.3 Å². The van der Waals surface area contributed by atoms with Crippen molar-refractivity contribution in [3.05, 3.63) is 28.9 Å². The number of halogens is 2. The molecule has 0 saturated heterocycles. The second kappa shape index (κ2) is 6.04. The smallest absolute Gasteiger partial charge is 0.296 e. The molecule has 110 valence electrons. The minimum absolute atomic E-state index is 0.000344. The Morgan fingerprint density at radius 2 is 2.33 bits per heavy atom. The van der Waals surface area contributed by atoms with Crippen molar-refractivity contribution in [2.24, 2.45) is 0 Å². The minimum atomic E-state index is 0.000344. The largest absolute Gasteiger partial charge is 0.464 e. The molecular weight excluding hydrogens is 337 g/mol. The van der Waals surface area contributed by atoms with Crippen molar-refractivity contribution in [2.75, 3.05) is 12.4 Å². The average Bonchev–Trinajstić information content (AvgIpc) is 3.13. The molecule has 6 nitrogen and oxygen atoms in total. The molecule has 21 heavy (non-hydrogen) atoms. The molecular formula is C11H9ClFN5OS2. The van der Waals surface area contributed by atoms with Gasteiger partial charge in [0.05, 0.1) is 11.2 Å². The molecule has 3 rings (SSSR count). The van der Waals surface area contributed by atoms with Gasteiger partial charge < -0.3 is 10.1 Å². The third kappa shape index (κ3) is 2.76. The Morgan fingerprint density at radius 1 is 1.48 bits per heavy atom. The number of nitrogens with one attached hydrogen (secondary N) is 1. The monoisotopic (exact) mass is 345 g/mol. The molecule has 0 atom stereocenters. The molecule has 1 N–H and O–H groups in total. The van der Waals surface area contributed by atoms with Crippen LogP contribution in [0.2, 0.25) is 5.02 Å². The van der Waals surface area contributed by atoms with Crippen LogP contribution in [0, 0.1) is 0 Å². The first kappa shape index (κ1) is 14.4. The fourth-order valence-corrected chi connectivity index (χ4v) is 3.01. The van der Waals surface area contributed by atoms with Crippen molar-refractivity contribution in [1.29, 1.82) is 0 Å². The van der Waals surface area contributed by atoms with Gasteiger partial charge in [-0.05, 0) is 17.4 Å². The van der Waals surface area contributed by atoms with Crippen LogP contribution < -0.4 is 10.1 Å². The van der Waals surface area contributed by atoms with Crippen molar-refractivity contribution in [2.45, 2.75) is 6.61 Å². The van der Waals surface area contributed by atoms with Gasteiger partial charge in [-0.1, -0.05) is 22.8 Å². The fraction of sp³-hybridized carbons (Fsp3) is 0.182. The van der Waals surface area contributed by atoms with E-state index in [-0.39, 0.29) is 18.9 Å². The molecule has 0 aliphatic rings. The zero-order valence-corrected chi connectivity index (χ0v) is 13.1. The van der Waals surface area contributed by atoms with Crippen LogP contribution in [0.5, 0.6) is 5.19 Å². The molecule has 10 heteroatoms. The lowest BCUT2D eigenvalue weighted by atomic mass is 10.1. The highest BCUT2D eigenvalue weighted by molar-refractivity contribution is 7.92. The van der Waals surface area contributed by atoms with Crippen LogP contribution in [0.15, 0.2) is 18.3 Å². The Morgan fingerprint density at radius 3 is 3.05 bits per heavy atom. The predicted octanol–water partition coefficient (Wildman–Crippen LogP) is 3.54. The van der Waals surface area contributed by atoms with Crippen molar-refractivity contribution in [1.82, 2.24) is 19.4 Å². The maximum absolute atomic E-state index is 12.8. The van der Waals surface area contributed by atoms with Gasteiger partial charge in [0.2, 0.25) is 5.13 Å². The van der Waals surface area contributed by atoms with E-state index >= 15 is 0 Å². The summed E-state index contributed by atoms with van der Waals surface area (Å²) in [6, 6.07) is 3.51. The number of hydrogen-bond donors (Lipinski definition) is 1. The molecule has 0 aliphatic carbocycles. The molecule has 1 aromatic carbocycles. The number of nitrogens with zero attached hydrogens (tertiary/aromatic N) is 4. The molecule has 2 aromatic heterocycles. The van der Waals surface area contributed by atoms with E-state index in [0.29, 0.717) is 20.9 Å². The van der Waals surface area contributed by atoms with Crippen LogP contribution in [-0.4, -0.2) is 26.4 Å². The Balaban J connectivity index is 1.87. The Hall–Kier alpha value is -1.58. The number of anilines is 1. The summed E-state index contributed by atoms with van der Waals surface area (Å²) in [6.07, 6.45) is 1.56. The summed E-state index contributed by atoms with van der Waals surface area (Å²) >= 11 is 7.39. The molecule has 0 bridgehead atoms. The number of hydrogen-bond acceptors (Lipinski definition) is 7. The summed E-state index contributed by atoms with van der Waals surface area (Å²) in [7, 11) is 1.76. The standard InChI is InChI=1S/C11H9ClFN5OS2/c1-14-10-16-17-11(20-10)19-5-6-2-3-8(12)9-7(6)4-15-18(9)21-13/h2-4H,5H2,1H3,(H,14,16). The summed E-state index contributed by atoms with van der Waals surface area (Å²) in [5.41, 5.74) is 1.37. The number of fused-ring (bicyclic) bond motifs is 1. The summed E-state index contributed by atoms with van der Waals surface area (Å²) in [6.45, 7) is 0.272. The van der Waals surface area contributed by atoms with E-state index in [1.165, 1.54) is 11.3 Å². The Bertz CT molecular complexity index is 777. The lowest BCUT2D eigenvalue weighted by Gasteiger charge is -2.05.